The molecule has 0 saturated heterocycles. The molecule has 4 N–H and O–H groups in total. The molecule has 43 heavy (non-hydrogen) atoms. The largest absolute Gasteiger partial charge is 0.444 e. The van der Waals surface area contributed by atoms with Crippen LogP contribution < -0.4 is 22.0 Å². The number of anilines is 2. The number of nitrogens with zero attached hydrogens (tertiary/aromatic N) is 2. The molecule has 1 aromatic heterocycles. The number of hydrogen-bond donors (Lipinski definition) is 3. The Hall–Kier alpha value is -4.45. The summed E-state index contributed by atoms with van der Waals surface area (Å²) in [6.45, 7) is 10.6. The molecule has 3 amide bonds. The van der Waals surface area contributed by atoms with Gasteiger partial charge in [-0.1, -0.05) is 30.3 Å². The Morgan fingerprint density at radius 2 is 1.74 bits per heavy atom. The van der Waals surface area contributed by atoms with Gasteiger partial charge >= 0.3 is 17.8 Å². The molecular weight excluding hydrogens is 554 g/mol. The molecular formula is C31H41N5O7. The molecule has 0 spiro atoms. The van der Waals surface area contributed by atoms with Crippen molar-refractivity contribution in [3.8, 4) is 0 Å². The molecule has 3 rings (SSSR count). The van der Waals surface area contributed by atoms with Crippen molar-refractivity contribution in [1.82, 2.24) is 9.88 Å². The molecule has 12 nitrogen and oxygen atoms in total. The second-order valence-electron chi connectivity index (χ2n) is 11.4. The number of hydrogen-bond acceptors (Lipinski definition) is 10. The van der Waals surface area contributed by atoms with E-state index in [0.29, 0.717) is 46.6 Å². The molecule has 0 fully saturated rings. The molecule has 12 heteroatoms. The summed E-state index contributed by atoms with van der Waals surface area (Å²) in [7, 11) is 0. The number of fused-ring (bicyclic) bond motifs is 1. The van der Waals surface area contributed by atoms with Crippen molar-refractivity contribution in [3.63, 3.8) is 0 Å². The number of carbonyl (C=O) groups is 3. The Morgan fingerprint density at radius 3 is 2.37 bits per heavy atom. The fraction of sp³-hybridized carbons (Fsp3) is 0.452. The van der Waals surface area contributed by atoms with Gasteiger partial charge in [0.25, 0.3) is 6.01 Å². The van der Waals surface area contributed by atoms with Crippen LogP contribution in [-0.2, 0) is 20.9 Å². The van der Waals surface area contributed by atoms with Crippen LogP contribution in [0.3, 0.4) is 0 Å². The van der Waals surface area contributed by atoms with Crippen molar-refractivity contribution < 1.29 is 28.3 Å². The molecule has 1 heterocycles. The van der Waals surface area contributed by atoms with E-state index < -0.39 is 35.4 Å². The van der Waals surface area contributed by atoms with E-state index in [1.165, 1.54) is 0 Å². The minimum atomic E-state index is -1.30. The van der Waals surface area contributed by atoms with Crippen molar-refractivity contribution >= 4 is 40.7 Å². The minimum absolute atomic E-state index is 0.00346. The average molecular weight is 596 g/mol. The van der Waals surface area contributed by atoms with E-state index in [1.54, 1.807) is 64.1 Å². The second kappa shape index (κ2) is 14.6. The zero-order chi connectivity index (χ0) is 31.7. The SMILES string of the molecule is Cc1c(NC(=O)[C@H](CCCCN)N(C(=O)OCc2ccccc2)C(=O)OC(C)(C)C)ccc2nc(NC(C)C)oc(=O)c12. The van der Waals surface area contributed by atoms with Crippen molar-refractivity contribution in [2.75, 3.05) is 17.2 Å². The summed E-state index contributed by atoms with van der Waals surface area (Å²) in [6, 6.07) is 10.9. The standard InChI is InChI=1S/C31H41N5O7/c1-19(2)33-28-35-23-16-15-22(20(3)25(23)27(38)42-28)34-26(37)24(14-10-11-17-32)36(30(40)43-31(4,5)6)29(39)41-18-21-12-8-7-9-13-21/h7-9,12-13,15-16,19,24H,10-11,14,17-18,32H2,1-6H3,(H,33,35)(H,34,37)/t24-/m0/s1. The molecule has 0 saturated carbocycles. The normalized spacial score (nSPS) is 12.1. The average Bonchev–Trinajstić information content (AvgIpc) is 2.91. The van der Waals surface area contributed by atoms with Crippen LogP contribution in [0.1, 0.15) is 65.0 Å². The number of amides is 3. The molecule has 3 aromatic rings. The van der Waals surface area contributed by atoms with Crippen LogP contribution in [0.5, 0.6) is 0 Å². The fourth-order valence-corrected chi connectivity index (χ4v) is 4.27. The maximum absolute atomic E-state index is 13.8. The lowest BCUT2D eigenvalue weighted by Gasteiger charge is -2.31. The van der Waals surface area contributed by atoms with E-state index in [9.17, 15) is 19.2 Å². The summed E-state index contributed by atoms with van der Waals surface area (Å²) in [4.78, 5) is 58.5. The van der Waals surface area contributed by atoms with Gasteiger partial charge in [0.1, 0.15) is 18.2 Å². The maximum atomic E-state index is 13.8. The quantitative estimate of drug-likeness (QED) is 0.247. The van der Waals surface area contributed by atoms with Crippen LogP contribution in [0.15, 0.2) is 51.7 Å². The minimum Gasteiger partial charge on any atom is -0.444 e. The number of carbonyl (C=O) groups excluding carboxylic acids is 3. The van der Waals surface area contributed by atoms with Crippen molar-refractivity contribution in [1.29, 1.82) is 0 Å². The summed E-state index contributed by atoms with van der Waals surface area (Å²) in [5.41, 5.74) is 5.90. The molecule has 0 radical (unpaired) electrons. The third-order valence-corrected chi connectivity index (χ3v) is 6.27. The van der Waals surface area contributed by atoms with Crippen LogP contribution in [-0.4, -0.2) is 52.2 Å². The molecule has 0 aliphatic carbocycles. The number of aromatic nitrogens is 1. The lowest BCUT2D eigenvalue weighted by Crippen LogP contribution is -2.52. The third kappa shape index (κ3) is 9.27. The lowest BCUT2D eigenvalue weighted by atomic mass is 10.1. The highest BCUT2D eigenvalue weighted by atomic mass is 16.6. The van der Waals surface area contributed by atoms with Crippen LogP contribution >= 0.6 is 0 Å². The fourth-order valence-electron chi connectivity index (χ4n) is 4.27. The van der Waals surface area contributed by atoms with Gasteiger partial charge in [0, 0.05) is 11.7 Å². The Balaban J connectivity index is 1.96. The number of rotatable bonds is 11. The summed E-state index contributed by atoms with van der Waals surface area (Å²) in [6.07, 6.45) is -0.960. The van der Waals surface area contributed by atoms with E-state index in [4.69, 9.17) is 19.6 Å². The molecule has 0 unspecified atom stereocenters. The summed E-state index contributed by atoms with van der Waals surface area (Å²) in [5.74, 6) is -0.669. The van der Waals surface area contributed by atoms with E-state index in [1.807, 2.05) is 19.9 Å². The highest BCUT2D eigenvalue weighted by molar-refractivity contribution is 6.02. The molecule has 2 aromatic carbocycles. The summed E-state index contributed by atoms with van der Waals surface area (Å²) >= 11 is 0. The van der Waals surface area contributed by atoms with E-state index >= 15 is 0 Å². The smallest absolute Gasteiger partial charge is 0.420 e. The number of imide groups is 1. The van der Waals surface area contributed by atoms with Crippen LogP contribution in [0.2, 0.25) is 0 Å². The van der Waals surface area contributed by atoms with E-state index in [0.717, 1.165) is 0 Å². The number of unbranched alkanes of at least 4 members (excludes halogenated alkanes) is 1. The monoisotopic (exact) mass is 595 g/mol. The van der Waals surface area contributed by atoms with E-state index in [-0.39, 0.29) is 30.5 Å². The Labute approximate surface area is 250 Å². The molecule has 0 aliphatic heterocycles. The zero-order valence-corrected chi connectivity index (χ0v) is 25.6. The third-order valence-electron chi connectivity index (χ3n) is 6.27. The molecule has 0 bridgehead atoms. The lowest BCUT2D eigenvalue weighted by molar-refractivity contribution is -0.121. The van der Waals surface area contributed by atoms with Crippen molar-refractivity contribution in [2.24, 2.45) is 5.73 Å². The van der Waals surface area contributed by atoms with Crippen LogP contribution in [0.4, 0.5) is 21.3 Å². The Morgan fingerprint density at radius 1 is 1.05 bits per heavy atom. The molecule has 1 atom stereocenters. The van der Waals surface area contributed by atoms with Gasteiger partial charge < -0.3 is 30.3 Å². The van der Waals surface area contributed by atoms with Gasteiger partial charge in [0.2, 0.25) is 5.91 Å². The first-order valence-electron chi connectivity index (χ1n) is 14.3. The van der Waals surface area contributed by atoms with Crippen LogP contribution in [0.25, 0.3) is 10.9 Å². The number of aryl methyl sites for hydroxylation is 1. The van der Waals surface area contributed by atoms with Gasteiger partial charge in [0.15, 0.2) is 0 Å². The van der Waals surface area contributed by atoms with Crippen LogP contribution in [0, 0.1) is 6.92 Å². The first-order valence-corrected chi connectivity index (χ1v) is 14.3. The van der Waals surface area contributed by atoms with Gasteiger partial charge in [-0.05, 0) is 90.6 Å². The maximum Gasteiger partial charge on any atom is 0.420 e. The van der Waals surface area contributed by atoms with Crippen molar-refractivity contribution in [3.05, 3.63) is 64.0 Å². The predicted octanol–water partition coefficient (Wildman–Crippen LogP) is 5.33. The molecule has 232 valence electrons. The number of nitrogens with two attached hydrogens (primary N) is 1. The zero-order valence-electron chi connectivity index (χ0n) is 25.6. The summed E-state index contributed by atoms with van der Waals surface area (Å²) in [5, 5.41) is 5.94. The number of nitrogens with one attached hydrogen (secondary N) is 2. The van der Waals surface area contributed by atoms with Gasteiger partial charge in [-0.2, -0.15) is 9.88 Å². The topological polar surface area (TPSA) is 166 Å². The van der Waals surface area contributed by atoms with Gasteiger partial charge in [0.05, 0.1) is 10.9 Å². The van der Waals surface area contributed by atoms with Gasteiger partial charge in [-0.25, -0.2) is 14.4 Å². The Bertz CT molecular complexity index is 1480. The predicted molar refractivity (Wildman–Crippen MR) is 164 cm³/mol. The number of ether oxygens (including phenoxy) is 2. The van der Waals surface area contributed by atoms with Gasteiger partial charge in [-0.15, -0.1) is 0 Å². The molecule has 0 aliphatic rings. The second-order valence-corrected chi connectivity index (χ2v) is 11.4. The van der Waals surface area contributed by atoms with Gasteiger partial charge in [-0.3, -0.25) is 4.79 Å². The van der Waals surface area contributed by atoms with E-state index in [2.05, 4.69) is 15.6 Å². The summed E-state index contributed by atoms with van der Waals surface area (Å²) < 4.78 is 16.3. The first-order chi connectivity index (χ1) is 20.3. The highest BCUT2D eigenvalue weighted by Gasteiger charge is 2.39. The number of benzene rings is 2. The highest BCUT2D eigenvalue weighted by Crippen LogP contribution is 2.25. The van der Waals surface area contributed by atoms with Crippen molar-refractivity contribution in [2.45, 2.75) is 85.1 Å². The first kappa shape index (κ1) is 33.1. The Kier molecular flexibility index (Phi) is 11.2.